The summed E-state index contributed by atoms with van der Waals surface area (Å²) in [5.74, 6) is -0.937. The second-order valence-corrected chi connectivity index (χ2v) is 9.41. The van der Waals surface area contributed by atoms with E-state index in [0.717, 1.165) is 49.7 Å². The van der Waals surface area contributed by atoms with E-state index in [9.17, 15) is 13.6 Å². The van der Waals surface area contributed by atoms with E-state index >= 15 is 0 Å². The minimum atomic E-state index is -0.652. The molecule has 2 aromatic heterocycles. The summed E-state index contributed by atoms with van der Waals surface area (Å²) < 4.78 is 27.0. The SMILES string of the molecule is CN1CCN(c2ccc(NC(=O)Nc3[nH]nc4ncc(Sc5cc(F)cc(F)c5)cc34)cc2)CC1. The van der Waals surface area contributed by atoms with Gasteiger partial charge in [-0.1, -0.05) is 11.8 Å². The fraction of sp³-hybridized carbons (Fsp3) is 0.208. The molecule has 0 unspecified atom stereocenters. The van der Waals surface area contributed by atoms with Crippen LogP contribution in [0.4, 0.5) is 30.8 Å². The van der Waals surface area contributed by atoms with Gasteiger partial charge < -0.3 is 15.1 Å². The number of piperazine rings is 1. The first kappa shape index (κ1) is 23.1. The summed E-state index contributed by atoms with van der Waals surface area (Å²) in [6.07, 6.45) is 1.56. The summed E-state index contributed by atoms with van der Waals surface area (Å²) >= 11 is 1.16. The minimum absolute atomic E-state index is 0.368. The Bertz CT molecular complexity index is 1330. The lowest BCUT2D eigenvalue weighted by Gasteiger charge is -2.34. The average molecular weight is 496 g/mol. The molecule has 1 saturated heterocycles. The van der Waals surface area contributed by atoms with Gasteiger partial charge in [0.1, 0.15) is 17.5 Å². The van der Waals surface area contributed by atoms with Gasteiger partial charge in [-0.15, -0.1) is 0 Å². The number of carbonyl (C=O) groups excluding carboxylic acids is 1. The number of carbonyl (C=O) groups is 1. The van der Waals surface area contributed by atoms with Crippen LogP contribution in [0.5, 0.6) is 0 Å². The van der Waals surface area contributed by atoms with Gasteiger partial charge in [0, 0.05) is 59.6 Å². The molecule has 0 spiro atoms. The molecule has 0 atom stereocenters. The Balaban J connectivity index is 1.25. The lowest BCUT2D eigenvalue weighted by atomic mass is 10.2. The Kier molecular flexibility index (Phi) is 6.51. The number of rotatable bonds is 5. The minimum Gasteiger partial charge on any atom is -0.369 e. The standard InChI is InChI=1S/C24H23F2N7OS/c1-32-6-8-33(9-7-32)18-4-2-17(3-5-18)28-24(34)29-23-21-13-20(14-27-22(21)30-31-23)35-19-11-15(25)10-16(26)12-19/h2-5,10-14H,6-9H2,1H3,(H3,27,28,29,30,31,34). The van der Waals surface area contributed by atoms with Crippen molar-refractivity contribution in [2.24, 2.45) is 0 Å². The predicted molar refractivity (Wildman–Crippen MR) is 133 cm³/mol. The molecule has 4 aromatic rings. The molecule has 3 N–H and O–H groups in total. The van der Waals surface area contributed by atoms with E-state index in [4.69, 9.17) is 0 Å². The second-order valence-electron chi connectivity index (χ2n) is 8.26. The Labute approximate surface area is 204 Å². The topological polar surface area (TPSA) is 89.2 Å². The molecule has 11 heteroatoms. The summed E-state index contributed by atoms with van der Waals surface area (Å²) in [4.78, 5) is 22.5. The first-order chi connectivity index (χ1) is 16.9. The fourth-order valence-corrected chi connectivity index (χ4v) is 4.75. The van der Waals surface area contributed by atoms with E-state index in [1.54, 1.807) is 12.3 Å². The molecule has 0 bridgehead atoms. The number of aromatic nitrogens is 3. The number of benzene rings is 2. The van der Waals surface area contributed by atoms with Crippen molar-refractivity contribution in [2.45, 2.75) is 9.79 Å². The van der Waals surface area contributed by atoms with Crippen LogP contribution in [0.3, 0.4) is 0 Å². The van der Waals surface area contributed by atoms with Crippen molar-refractivity contribution in [2.75, 3.05) is 48.8 Å². The zero-order valence-electron chi connectivity index (χ0n) is 18.9. The maximum atomic E-state index is 13.5. The van der Waals surface area contributed by atoms with Crippen LogP contribution in [-0.4, -0.2) is 59.3 Å². The number of pyridine rings is 1. The number of anilines is 3. The molecule has 8 nitrogen and oxygen atoms in total. The normalized spacial score (nSPS) is 14.3. The fourth-order valence-electron chi connectivity index (χ4n) is 3.85. The van der Waals surface area contributed by atoms with Gasteiger partial charge in [-0.25, -0.2) is 18.6 Å². The van der Waals surface area contributed by atoms with Gasteiger partial charge in [0.15, 0.2) is 5.65 Å². The van der Waals surface area contributed by atoms with Crippen LogP contribution >= 0.6 is 11.8 Å². The molecular weight excluding hydrogens is 472 g/mol. The van der Waals surface area contributed by atoms with E-state index in [1.807, 2.05) is 24.3 Å². The number of hydrogen-bond donors (Lipinski definition) is 3. The average Bonchev–Trinajstić information content (AvgIpc) is 3.21. The van der Waals surface area contributed by atoms with Gasteiger partial charge in [0.25, 0.3) is 0 Å². The summed E-state index contributed by atoms with van der Waals surface area (Å²) in [5, 5.41) is 13.0. The maximum absolute atomic E-state index is 13.5. The van der Waals surface area contributed by atoms with Crippen molar-refractivity contribution in [3.8, 4) is 0 Å². The van der Waals surface area contributed by atoms with Gasteiger partial charge in [-0.2, -0.15) is 5.10 Å². The third kappa shape index (κ3) is 5.52. The molecule has 1 aliphatic heterocycles. The highest BCUT2D eigenvalue weighted by Gasteiger charge is 2.15. The molecule has 0 aliphatic carbocycles. The molecular formula is C24H23F2N7OS. The van der Waals surface area contributed by atoms with Crippen molar-refractivity contribution in [1.82, 2.24) is 20.1 Å². The number of halogens is 2. The van der Waals surface area contributed by atoms with Crippen LogP contribution < -0.4 is 15.5 Å². The van der Waals surface area contributed by atoms with Crippen LogP contribution in [0, 0.1) is 11.6 Å². The Morgan fingerprint density at radius 2 is 1.69 bits per heavy atom. The third-order valence-corrected chi connectivity index (χ3v) is 6.62. The molecule has 1 aliphatic rings. The van der Waals surface area contributed by atoms with Gasteiger partial charge >= 0.3 is 6.03 Å². The summed E-state index contributed by atoms with van der Waals surface area (Å²) in [6, 6.07) is 12.4. The van der Waals surface area contributed by atoms with Gasteiger partial charge in [0.2, 0.25) is 0 Å². The first-order valence-electron chi connectivity index (χ1n) is 11.0. The largest absolute Gasteiger partial charge is 0.369 e. The van der Waals surface area contributed by atoms with Crippen LogP contribution in [0.15, 0.2) is 64.5 Å². The van der Waals surface area contributed by atoms with Crippen molar-refractivity contribution in [1.29, 1.82) is 0 Å². The van der Waals surface area contributed by atoms with E-state index in [1.165, 1.54) is 12.1 Å². The lowest BCUT2D eigenvalue weighted by Crippen LogP contribution is -2.44. The number of likely N-dealkylation sites (N-methyl/N-ethyl adjacent to an activating group) is 1. The number of hydrogen-bond acceptors (Lipinski definition) is 6. The van der Waals surface area contributed by atoms with Crippen molar-refractivity contribution in [3.05, 3.63) is 66.4 Å². The maximum Gasteiger partial charge on any atom is 0.324 e. The first-order valence-corrected chi connectivity index (χ1v) is 11.8. The number of urea groups is 1. The van der Waals surface area contributed by atoms with E-state index in [2.05, 4.69) is 42.7 Å². The molecule has 2 amide bonds. The molecule has 3 heterocycles. The van der Waals surface area contributed by atoms with E-state index in [-0.39, 0.29) is 0 Å². The van der Waals surface area contributed by atoms with Crippen LogP contribution in [0.25, 0.3) is 11.0 Å². The Morgan fingerprint density at radius 3 is 2.40 bits per heavy atom. The highest BCUT2D eigenvalue weighted by atomic mass is 32.2. The molecule has 5 rings (SSSR count). The zero-order valence-corrected chi connectivity index (χ0v) is 19.7. The Morgan fingerprint density at radius 1 is 0.971 bits per heavy atom. The zero-order chi connectivity index (χ0) is 24.4. The number of fused-ring (bicyclic) bond motifs is 1. The second kappa shape index (κ2) is 9.88. The van der Waals surface area contributed by atoms with Crippen molar-refractivity contribution < 1.29 is 13.6 Å². The Hall–Kier alpha value is -3.70. The number of nitrogens with zero attached hydrogens (tertiary/aromatic N) is 4. The van der Waals surface area contributed by atoms with Crippen LogP contribution in [-0.2, 0) is 0 Å². The lowest BCUT2D eigenvalue weighted by molar-refractivity contribution is 0.262. The molecule has 1 fully saturated rings. The predicted octanol–water partition coefficient (Wildman–Crippen LogP) is 4.78. The van der Waals surface area contributed by atoms with Gasteiger partial charge in [-0.05, 0) is 49.5 Å². The van der Waals surface area contributed by atoms with E-state index in [0.29, 0.717) is 32.3 Å². The van der Waals surface area contributed by atoms with Gasteiger partial charge in [-0.3, -0.25) is 10.4 Å². The number of nitrogens with one attached hydrogen (secondary N) is 3. The van der Waals surface area contributed by atoms with Crippen molar-refractivity contribution >= 4 is 46.0 Å². The van der Waals surface area contributed by atoms with Gasteiger partial charge in [0.05, 0.1) is 5.39 Å². The summed E-state index contributed by atoms with van der Waals surface area (Å²) in [7, 11) is 2.12. The monoisotopic (exact) mass is 495 g/mol. The summed E-state index contributed by atoms with van der Waals surface area (Å²) in [6.45, 7) is 3.99. The van der Waals surface area contributed by atoms with Crippen LogP contribution in [0.2, 0.25) is 0 Å². The quantitative estimate of drug-likeness (QED) is 0.369. The smallest absolute Gasteiger partial charge is 0.324 e. The molecule has 0 saturated carbocycles. The molecule has 35 heavy (non-hydrogen) atoms. The van der Waals surface area contributed by atoms with Crippen molar-refractivity contribution in [3.63, 3.8) is 0 Å². The molecule has 180 valence electrons. The van der Waals surface area contributed by atoms with Crippen LogP contribution in [0.1, 0.15) is 0 Å². The highest BCUT2D eigenvalue weighted by molar-refractivity contribution is 7.99. The molecule has 2 aromatic carbocycles. The summed E-state index contributed by atoms with van der Waals surface area (Å²) in [5.41, 5.74) is 2.19. The van der Waals surface area contributed by atoms with E-state index < -0.39 is 17.7 Å². The number of aromatic amines is 1. The number of amides is 2. The molecule has 0 radical (unpaired) electrons. The third-order valence-electron chi connectivity index (χ3n) is 5.69. The number of H-pyrrole nitrogens is 1. The highest BCUT2D eigenvalue weighted by Crippen LogP contribution is 2.31.